The third-order valence-electron chi connectivity index (χ3n) is 8.31. The molecule has 4 aromatic rings. The highest BCUT2D eigenvalue weighted by Crippen LogP contribution is 2.34. The monoisotopic (exact) mass is 690 g/mol. The highest BCUT2D eigenvalue weighted by atomic mass is 16.6. The van der Waals surface area contributed by atoms with Crippen molar-refractivity contribution in [2.45, 2.75) is 38.5 Å². The molecule has 12 heteroatoms. The van der Waals surface area contributed by atoms with Gasteiger partial charge < -0.3 is 35.4 Å². The molecular weight excluding hydrogens is 648 g/mol. The number of carbonyl (C=O) groups is 5. The van der Waals surface area contributed by atoms with Crippen molar-refractivity contribution in [2.24, 2.45) is 5.73 Å². The van der Waals surface area contributed by atoms with Crippen LogP contribution in [0.2, 0.25) is 0 Å². The zero-order valence-electron chi connectivity index (χ0n) is 29.3. The summed E-state index contributed by atoms with van der Waals surface area (Å²) in [5.74, 6) is -0.939. The van der Waals surface area contributed by atoms with Crippen molar-refractivity contribution in [1.29, 1.82) is 0 Å². The van der Waals surface area contributed by atoms with Crippen LogP contribution in [0.25, 0.3) is 0 Å². The van der Waals surface area contributed by atoms with Gasteiger partial charge in [-0.2, -0.15) is 0 Å². The van der Waals surface area contributed by atoms with Crippen LogP contribution in [-0.2, 0) is 14.3 Å². The normalized spacial score (nSPS) is 17.2. The van der Waals surface area contributed by atoms with Gasteiger partial charge in [-0.3, -0.25) is 19.2 Å². The van der Waals surface area contributed by atoms with E-state index >= 15 is 0 Å². The molecule has 0 bridgehead atoms. The molecule has 3 N–H and O–H groups in total. The maximum absolute atomic E-state index is 13.2. The Morgan fingerprint density at radius 3 is 1.47 bits per heavy atom. The Kier molecular flexibility index (Phi) is 10.9. The average molecular weight is 691 g/mol. The summed E-state index contributed by atoms with van der Waals surface area (Å²) in [5.41, 5.74) is 8.91. The van der Waals surface area contributed by atoms with Gasteiger partial charge >= 0.3 is 6.09 Å². The van der Waals surface area contributed by atoms with E-state index in [1.54, 1.807) is 94.4 Å². The minimum Gasteiger partial charge on any atom is -0.444 e. The molecule has 4 aromatic carbocycles. The first kappa shape index (κ1) is 36.3. The molecule has 2 aliphatic heterocycles. The smallest absolute Gasteiger partial charge is 0.408 e. The van der Waals surface area contributed by atoms with Crippen molar-refractivity contribution < 1.29 is 28.7 Å². The summed E-state index contributed by atoms with van der Waals surface area (Å²) in [5, 5.41) is 2.62. The Balaban J connectivity index is 0.000000205. The van der Waals surface area contributed by atoms with Crippen LogP contribution in [0.1, 0.15) is 41.5 Å². The van der Waals surface area contributed by atoms with E-state index in [1.165, 1.54) is 14.7 Å². The number of amides is 5. The molecule has 2 atom stereocenters. The molecule has 5 amide bonds. The third-order valence-corrected chi connectivity index (χ3v) is 8.31. The number of ether oxygens (including phenoxy) is 1. The zero-order chi connectivity index (χ0) is 36.9. The van der Waals surface area contributed by atoms with Crippen LogP contribution in [0.3, 0.4) is 0 Å². The molecule has 0 unspecified atom stereocenters. The molecule has 0 spiro atoms. The molecule has 0 radical (unpaired) electrons. The van der Waals surface area contributed by atoms with Gasteiger partial charge in [0.15, 0.2) is 0 Å². The van der Waals surface area contributed by atoms with Gasteiger partial charge in [-0.25, -0.2) is 4.79 Å². The van der Waals surface area contributed by atoms with Gasteiger partial charge in [0.1, 0.15) is 17.7 Å². The summed E-state index contributed by atoms with van der Waals surface area (Å²) >= 11 is 0. The molecule has 0 saturated heterocycles. The number of hydrogen-bond donors (Lipinski definition) is 2. The molecule has 0 saturated carbocycles. The second-order valence-corrected chi connectivity index (χ2v) is 13.1. The topological polar surface area (TPSA) is 146 Å². The van der Waals surface area contributed by atoms with Crippen molar-refractivity contribution in [1.82, 2.24) is 5.32 Å². The van der Waals surface area contributed by atoms with Gasteiger partial charge in [0.2, 0.25) is 5.91 Å². The SMILES string of the molecule is CN1C(=O)[C@@H](N)CN(C(=O)c2ccccc2)c2ccccc21.CN1C(=O)[C@@H](NC(=O)OC(C)(C)C)CN(C(=O)c2ccccc2)c2ccccc21. The zero-order valence-corrected chi connectivity index (χ0v) is 29.3. The van der Waals surface area contributed by atoms with Crippen LogP contribution in [0.15, 0.2) is 109 Å². The van der Waals surface area contributed by atoms with E-state index in [1.807, 2.05) is 54.6 Å². The summed E-state index contributed by atoms with van der Waals surface area (Å²) in [6.45, 7) is 5.39. The lowest BCUT2D eigenvalue weighted by Crippen LogP contribution is -2.53. The average Bonchev–Trinajstić information content (AvgIpc) is 3.29. The maximum Gasteiger partial charge on any atom is 0.408 e. The molecule has 51 heavy (non-hydrogen) atoms. The van der Waals surface area contributed by atoms with E-state index in [9.17, 15) is 24.0 Å². The van der Waals surface area contributed by atoms with Gasteiger partial charge in [-0.05, 0) is 69.3 Å². The van der Waals surface area contributed by atoms with E-state index in [0.29, 0.717) is 33.9 Å². The lowest BCUT2D eigenvalue weighted by Gasteiger charge is -2.26. The molecular formula is C39H42N6O6. The van der Waals surface area contributed by atoms with Gasteiger partial charge in [-0.1, -0.05) is 60.7 Å². The van der Waals surface area contributed by atoms with Crippen LogP contribution < -0.4 is 30.7 Å². The van der Waals surface area contributed by atoms with Crippen LogP contribution >= 0.6 is 0 Å². The number of hydrogen-bond acceptors (Lipinski definition) is 7. The van der Waals surface area contributed by atoms with E-state index in [4.69, 9.17) is 10.5 Å². The van der Waals surface area contributed by atoms with Gasteiger partial charge in [0.05, 0.1) is 35.8 Å². The molecule has 0 aromatic heterocycles. The predicted octanol–water partition coefficient (Wildman–Crippen LogP) is 4.84. The van der Waals surface area contributed by atoms with Gasteiger partial charge in [0, 0.05) is 25.2 Å². The summed E-state index contributed by atoms with van der Waals surface area (Å²) in [4.78, 5) is 69.7. The van der Waals surface area contributed by atoms with E-state index in [2.05, 4.69) is 5.32 Å². The van der Waals surface area contributed by atoms with Crippen molar-refractivity contribution in [2.75, 3.05) is 46.8 Å². The summed E-state index contributed by atoms with van der Waals surface area (Å²) in [6.07, 6.45) is -0.706. The Hall–Kier alpha value is -6.01. The minimum absolute atomic E-state index is 0.00679. The number of fused-ring (bicyclic) bond motifs is 2. The van der Waals surface area contributed by atoms with Crippen molar-refractivity contribution in [3.8, 4) is 0 Å². The molecule has 264 valence electrons. The molecule has 2 heterocycles. The molecule has 0 aliphatic carbocycles. The second-order valence-electron chi connectivity index (χ2n) is 13.1. The number of anilines is 4. The fourth-order valence-electron chi connectivity index (χ4n) is 5.82. The van der Waals surface area contributed by atoms with E-state index in [-0.39, 0.29) is 36.7 Å². The van der Waals surface area contributed by atoms with E-state index in [0.717, 1.165) is 0 Å². The summed E-state index contributed by atoms with van der Waals surface area (Å²) in [7, 11) is 3.30. The van der Waals surface area contributed by atoms with Gasteiger partial charge in [0.25, 0.3) is 17.7 Å². The number of alkyl carbamates (subject to hydrolysis) is 1. The fraction of sp³-hybridized carbons (Fsp3) is 0.256. The first-order valence-electron chi connectivity index (χ1n) is 16.5. The second kappa shape index (κ2) is 15.3. The number of nitrogens with zero attached hydrogens (tertiary/aromatic N) is 4. The quantitative estimate of drug-likeness (QED) is 0.313. The highest BCUT2D eigenvalue weighted by molar-refractivity contribution is 6.13. The van der Waals surface area contributed by atoms with Crippen LogP contribution in [-0.4, -0.2) is 74.6 Å². The number of carbonyl (C=O) groups excluding carboxylic acids is 5. The Morgan fingerprint density at radius 2 is 1.02 bits per heavy atom. The summed E-state index contributed by atoms with van der Waals surface area (Å²) in [6, 6.07) is 30.6. The van der Waals surface area contributed by atoms with Crippen molar-refractivity contribution in [3.63, 3.8) is 0 Å². The number of benzene rings is 4. The predicted molar refractivity (Wildman–Crippen MR) is 197 cm³/mol. The van der Waals surface area contributed by atoms with Crippen LogP contribution in [0, 0.1) is 0 Å². The fourth-order valence-corrected chi connectivity index (χ4v) is 5.82. The minimum atomic E-state index is -0.949. The Bertz CT molecular complexity index is 1910. The number of likely N-dealkylation sites (N-methyl/N-ethyl adjacent to an activating group) is 2. The first-order valence-corrected chi connectivity index (χ1v) is 16.5. The largest absolute Gasteiger partial charge is 0.444 e. The van der Waals surface area contributed by atoms with Gasteiger partial charge in [-0.15, -0.1) is 0 Å². The summed E-state index contributed by atoms with van der Waals surface area (Å²) < 4.78 is 5.30. The van der Waals surface area contributed by atoms with Crippen LogP contribution in [0.4, 0.5) is 27.5 Å². The standard InChI is InChI=1S/C22H25N3O4.C17H17N3O2/c1-22(2,3)29-21(28)23-16-14-25(19(26)15-10-6-5-7-11-15)18-13-9-8-12-17(18)24(4)20(16)27;1-19-14-9-5-6-10-15(14)20(11-13(18)17(19)22)16(21)12-7-3-2-4-8-12/h5-13,16H,14H2,1-4H3,(H,23,28);2-10,13H,11,18H2,1H3/t16-;13-/m00/s1. The Morgan fingerprint density at radius 1 is 0.627 bits per heavy atom. The molecule has 0 fully saturated rings. The third kappa shape index (κ3) is 8.25. The number of rotatable bonds is 3. The number of nitrogens with two attached hydrogens (primary N) is 1. The van der Waals surface area contributed by atoms with Crippen molar-refractivity contribution >= 4 is 52.5 Å². The maximum atomic E-state index is 13.2. The number of nitrogens with one attached hydrogen (secondary N) is 1. The lowest BCUT2D eigenvalue weighted by molar-refractivity contribution is -0.120. The van der Waals surface area contributed by atoms with Crippen molar-refractivity contribution in [3.05, 3.63) is 120 Å². The van der Waals surface area contributed by atoms with Crippen LogP contribution in [0.5, 0.6) is 0 Å². The Labute approximate surface area is 297 Å². The molecule has 2 aliphatic rings. The molecule has 12 nitrogen and oxygen atoms in total. The highest BCUT2D eigenvalue weighted by Gasteiger charge is 2.36. The first-order chi connectivity index (χ1) is 24.3. The molecule has 6 rings (SSSR count). The lowest BCUT2D eigenvalue weighted by atomic mass is 10.1. The number of para-hydroxylation sites is 4. The van der Waals surface area contributed by atoms with E-state index < -0.39 is 23.8 Å².